The Labute approximate surface area is 101 Å². The molecule has 0 saturated heterocycles. The van der Waals surface area contributed by atoms with Gasteiger partial charge < -0.3 is 26.0 Å². The number of nitrogens with one attached hydrogen (secondary N) is 1. The zero-order chi connectivity index (χ0) is 12.8. The Balaban J connectivity index is 2.67. The molecule has 17 heavy (non-hydrogen) atoms. The zero-order valence-electron chi connectivity index (χ0n) is 10.2. The molecule has 1 rings (SSSR count). The molecule has 1 aromatic carbocycles. The van der Waals surface area contributed by atoms with Crippen LogP contribution in [0.3, 0.4) is 0 Å². The van der Waals surface area contributed by atoms with E-state index in [4.69, 9.17) is 15.6 Å². The van der Waals surface area contributed by atoms with E-state index in [9.17, 15) is 5.11 Å². The Hall–Kier alpha value is -1.46. The second-order valence-electron chi connectivity index (χ2n) is 4.14. The number of nitrogens with two attached hydrogens (primary N) is 1. The van der Waals surface area contributed by atoms with E-state index in [1.807, 2.05) is 13.8 Å². The van der Waals surface area contributed by atoms with Crippen LogP contribution >= 0.6 is 0 Å². The van der Waals surface area contributed by atoms with Gasteiger partial charge in [-0.15, -0.1) is 0 Å². The molecule has 5 heteroatoms. The molecule has 0 aliphatic carbocycles. The lowest BCUT2D eigenvalue weighted by Crippen LogP contribution is -2.23. The Morgan fingerprint density at radius 1 is 1.41 bits per heavy atom. The van der Waals surface area contributed by atoms with Gasteiger partial charge in [-0.25, -0.2) is 0 Å². The van der Waals surface area contributed by atoms with Gasteiger partial charge in [-0.2, -0.15) is 0 Å². The third-order valence-corrected chi connectivity index (χ3v) is 2.13. The molecule has 0 amide bonds. The minimum absolute atomic E-state index is 0.0515. The first-order chi connectivity index (χ1) is 8.02. The summed E-state index contributed by atoms with van der Waals surface area (Å²) < 4.78 is 5.54. The van der Waals surface area contributed by atoms with E-state index in [-0.39, 0.29) is 19.3 Å². The van der Waals surface area contributed by atoms with Crippen LogP contribution in [0.1, 0.15) is 13.8 Å². The predicted octanol–water partition coefficient (Wildman–Crippen LogP) is 0.821. The van der Waals surface area contributed by atoms with Gasteiger partial charge in [0.2, 0.25) is 0 Å². The highest BCUT2D eigenvalue weighted by Gasteiger charge is 2.06. The molecule has 0 saturated carbocycles. The van der Waals surface area contributed by atoms with E-state index in [0.29, 0.717) is 11.4 Å². The number of rotatable bonds is 6. The van der Waals surface area contributed by atoms with Crippen LogP contribution in [0.2, 0.25) is 0 Å². The van der Waals surface area contributed by atoms with Crippen LogP contribution in [-0.2, 0) is 0 Å². The van der Waals surface area contributed by atoms with E-state index in [1.165, 1.54) is 0 Å². The molecule has 5 nitrogen and oxygen atoms in total. The smallest absolute Gasteiger partial charge is 0.144 e. The Morgan fingerprint density at radius 2 is 2.12 bits per heavy atom. The number of ether oxygens (including phenoxy) is 1. The fourth-order valence-electron chi connectivity index (χ4n) is 1.30. The number of hydrogen-bond acceptors (Lipinski definition) is 5. The van der Waals surface area contributed by atoms with Gasteiger partial charge in [-0.1, -0.05) is 0 Å². The minimum atomic E-state index is -0.776. The van der Waals surface area contributed by atoms with Crippen molar-refractivity contribution >= 4 is 11.4 Å². The summed E-state index contributed by atoms with van der Waals surface area (Å²) in [6.45, 7) is 3.86. The normalized spacial score (nSPS) is 12.5. The van der Waals surface area contributed by atoms with Crippen molar-refractivity contribution in [1.82, 2.24) is 0 Å². The molecule has 0 fully saturated rings. The van der Waals surface area contributed by atoms with E-state index in [2.05, 4.69) is 5.32 Å². The maximum atomic E-state index is 9.22. The average molecular weight is 240 g/mol. The van der Waals surface area contributed by atoms with Gasteiger partial charge in [0, 0.05) is 18.3 Å². The lowest BCUT2D eigenvalue weighted by molar-refractivity contribution is 0.105. The van der Waals surface area contributed by atoms with Crippen LogP contribution in [0, 0.1) is 0 Å². The van der Waals surface area contributed by atoms with Crippen LogP contribution in [0.4, 0.5) is 11.4 Å². The van der Waals surface area contributed by atoms with Gasteiger partial charge in [-0.3, -0.25) is 0 Å². The van der Waals surface area contributed by atoms with Crippen molar-refractivity contribution < 1.29 is 14.9 Å². The summed E-state index contributed by atoms with van der Waals surface area (Å²) in [6, 6.07) is 5.32. The molecular weight excluding hydrogens is 220 g/mol. The van der Waals surface area contributed by atoms with E-state index in [0.717, 1.165) is 5.69 Å². The number of aliphatic hydroxyl groups excluding tert-OH is 2. The molecule has 0 aliphatic rings. The van der Waals surface area contributed by atoms with Crippen LogP contribution < -0.4 is 15.8 Å². The SMILES string of the molecule is CC(C)Oc1cc(NCC(O)CO)ccc1N. The first-order valence-corrected chi connectivity index (χ1v) is 5.62. The van der Waals surface area contributed by atoms with Crippen molar-refractivity contribution in [1.29, 1.82) is 0 Å². The topological polar surface area (TPSA) is 87.7 Å². The molecule has 0 radical (unpaired) electrons. The van der Waals surface area contributed by atoms with E-state index in [1.54, 1.807) is 18.2 Å². The molecule has 1 aromatic rings. The van der Waals surface area contributed by atoms with E-state index < -0.39 is 6.10 Å². The number of hydrogen-bond donors (Lipinski definition) is 4. The summed E-state index contributed by atoms with van der Waals surface area (Å²) >= 11 is 0. The van der Waals surface area contributed by atoms with Gasteiger partial charge in [0.25, 0.3) is 0 Å². The maximum Gasteiger partial charge on any atom is 0.144 e. The van der Waals surface area contributed by atoms with E-state index >= 15 is 0 Å². The molecule has 5 N–H and O–H groups in total. The van der Waals surface area contributed by atoms with Gasteiger partial charge in [0.15, 0.2) is 0 Å². The summed E-state index contributed by atoms with van der Waals surface area (Å²) in [5.74, 6) is 0.614. The molecule has 0 aromatic heterocycles. The highest BCUT2D eigenvalue weighted by Crippen LogP contribution is 2.26. The van der Waals surface area contributed by atoms with Crippen molar-refractivity contribution in [3.05, 3.63) is 18.2 Å². The Bertz CT molecular complexity index is 356. The fraction of sp³-hybridized carbons (Fsp3) is 0.500. The summed E-state index contributed by atoms with van der Waals surface area (Å²) in [6.07, 6.45) is -0.724. The highest BCUT2D eigenvalue weighted by molar-refractivity contribution is 5.61. The van der Waals surface area contributed by atoms with Gasteiger partial charge in [0.05, 0.1) is 24.5 Å². The lowest BCUT2D eigenvalue weighted by atomic mass is 10.2. The van der Waals surface area contributed by atoms with Gasteiger partial charge in [-0.05, 0) is 26.0 Å². The predicted molar refractivity (Wildman–Crippen MR) is 68.2 cm³/mol. The molecule has 0 aliphatic heterocycles. The fourth-order valence-corrected chi connectivity index (χ4v) is 1.30. The quantitative estimate of drug-likeness (QED) is 0.553. The lowest BCUT2D eigenvalue weighted by Gasteiger charge is -2.15. The molecule has 0 bridgehead atoms. The van der Waals surface area contributed by atoms with Crippen LogP contribution in [0.25, 0.3) is 0 Å². The van der Waals surface area contributed by atoms with Crippen molar-refractivity contribution in [2.75, 3.05) is 24.2 Å². The monoisotopic (exact) mass is 240 g/mol. The Morgan fingerprint density at radius 3 is 2.71 bits per heavy atom. The number of benzene rings is 1. The first kappa shape index (κ1) is 13.6. The standard InChI is InChI=1S/C12H20N2O3/c1-8(2)17-12-5-9(3-4-11(12)13)14-6-10(16)7-15/h3-5,8,10,14-16H,6-7,13H2,1-2H3. The summed E-state index contributed by atoms with van der Waals surface area (Å²) in [7, 11) is 0. The average Bonchev–Trinajstić information content (AvgIpc) is 2.29. The third-order valence-electron chi connectivity index (χ3n) is 2.13. The summed E-state index contributed by atoms with van der Waals surface area (Å²) in [5, 5.41) is 20.9. The molecule has 96 valence electrons. The number of aliphatic hydroxyl groups is 2. The number of nitrogen functional groups attached to an aromatic ring is 1. The molecule has 1 atom stereocenters. The summed E-state index contributed by atoms with van der Waals surface area (Å²) in [5.41, 5.74) is 7.15. The molecule has 1 unspecified atom stereocenters. The van der Waals surface area contributed by atoms with Crippen LogP contribution in [0.15, 0.2) is 18.2 Å². The second kappa shape index (κ2) is 6.32. The highest BCUT2D eigenvalue weighted by atomic mass is 16.5. The maximum absolute atomic E-state index is 9.22. The second-order valence-corrected chi connectivity index (χ2v) is 4.14. The largest absolute Gasteiger partial charge is 0.489 e. The van der Waals surface area contributed by atoms with Crippen molar-refractivity contribution in [3.8, 4) is 5.75 Å². The summed E-state index contributed by atoms with van der Waals surface area (Å²) in [4.78, 5) is 0. The van der Waals surface area contributed by atoms with Gasteiger partial charge in [0.1, 0.15) is 5.75 Å². The van der Waals surface area contributed by atoms with Crippen LogP contribution in [0.5, 0.6) is 5.75 Å². The zero-order valence-corrected chi connectivity index (χ0v) is 10.2. The molecule has 0 heterocycles. The van der Waals surface area contributed by atoms with Crippen molar-refractivity contribution in [3.63, 3.8) is 0 Å². The minimum Gasteiger partial charge on any atom is -0.489 e. The van der Waals surface area contributed by atoms with Crippen molar-refractivity contribution in [2.24, 2.45) is 0 Å². The third kappa shape index (κ3) is 4.50. The van der Waals surface area contributed by atoms with Crippen LogP contribution in [-0.4, -0.2) is 35.6 Å². The Kier molecular flexibility index (Phi) is 5.06. The van der Waals surface area contributed by atoms with Crippen molar-refractivity contribution in [2.45, 2.75) is 26.1 Å². The molecular formula is C12H20N2O3. The molecule has 0 spiro atoms. The van der Waals surface area contributed by atoms with Gasteiger partial charge >= 0.3 is 0 Å². The first-order valence-electron chi connectivity index (χ1n) is 5.62. The number of anilines is 2.